The van der Waals surface area contributed by atoms with E-state index in [2.05, 4.69) is 6.92 Å². The summed E-state index contributed by atoms with van der Waals surface area (Å²) in [5.41, 5.74) is 4.41. The van der Waals surface area contributed by atoms with E-state index in [9.17, 15) is 20.1 Å². The van der Waals surface area contributed by atoms with Gasteiger partial charge in [-0.25, -0.2) is 0 Å². The Hall–Kier alpha value is -2.81. The number of aromatic hydroxyl groups is 3. The molecule has 1 spiro atoms. The predicted octanol–water partition coefficient (Wildman–Crippen LogP) is 5.20. The molecule has 2 aromatic rings. The molecule has 0 aliphatic carbocycles. The Kier molecular flexibility index (Phi) is 5.94. The minimum Gasteiger partial charge on any atom is -0.508 e. The molecular weight excluding hydrogens is 488 g/mol. The molecule has 4 aliphatic heterocycles. The lowest BCUT2D eigenvalue weighted by Crippen LogP contribution is -2.52. The van der Waals surface area contributed by atoms with Gasteiger partial charge in [-0.15, -0.1) is 0 Å². The molecule has 2 fully saturated rings. The van der Waals surface area contributed by atoms with Crippen molar-refractivity contribution in [2.45, 2.75) is 109 Å². The second-order valence-electron chi connectivity index (χ2n) is 11.7. The van der Waals surface area contributed by atoms with Crippen LogP contribution in [0, 0.1) is 13.8 Å². The Labute approximate surface area is 222 Å². The van der Waals surface area contributed by atoms with Crippen LogP contribution in [0.5, 0.6) is 23.0 Å². The zero-order valence-electron chi connectivity index (χ0n) is 22.4. The van der Waals surface area contributed by atoms with Gasteiger partial charge in [0.25, 0.3) is 0 Å². The third kappa shape index (κ3) is 3.88. The fourth-order valence-corrected chi connectivity index (χ4v) is 7.14. The largest absolute Gasteiger partial charge is 0.508 e. The summed E-state index contributed by atoms with van der Waals surface area (Å²) in [6.07, 6.45) is 5.47. The minimum absolute atomic E-state index is 0.0916. The lowest BCUT2D eigenvalue weighted by molar-refractivity contribution is -0.287. The van der Waals surface area contributed by atoms with Crippen molar-refractivity contribution in [3.8, 4) is 23.0 Å². The van der Waals surface area contributed by atoms with Crippen LogP contribution in [0.4, 0.5) is 0 Å². The van der Waals surface area contributed by atoms with E-state index < -0.39 is 11.6 Å². The van der Waals surface area contributed by atoms with Crippen molar-refractivity contribution in [3.05, 3.63) is 45.0 Å². The normalized spacial score (nSPS) is 31.8. The summed E-state index contributed by atoms with van der Waals surface area (Å²) in [5.74, 6) is -1.27. The van der Waals surface area contributed by atoms with Gasteiger partial charge in [0.2, 0.25) is 5.79 Å². The number of fused-ring (bicyclic) bond motifs is 6. The van der Waals surface area contributed by atoms with E-state index in [-0.39, 0.29) is 59.5 Å². The van der Waals surface area contributed by atoms with Gasteiger partial charge in [-0.2, -0.15) is 0 Å². The molecule has 38 heavy (non-hydrogen) atoms. The summed E-state index contributed by atoms with van der Waals surface area (Å²) in [6.45, 7) is 7.78. The van der Waals surface area contributed by atoms with Crippen molar-refractivity contribution >= 4 is 6.29 Å². The number of phenols is 3. The van der Waals surface area contributed by atoms with Crippen LogP contribution in [0.15, 0.2) is 6.07 Å². The molecule has 8 heteroatoms. The van der Waals surface area contributed by atoms with E-state index in [1.807, 2.05) is 13.8 Å². The predicted molar refractivity (Wildman–Crippen MR) is 138 cm³/mol. The molecule has 0 aromatic heterocycles. The van der Waals surface area contributed by atoms with E-state index in [1.54, 1.807) is 6.92 Å². The number of hydrogen-bond donors (Lipinski definition) is 3. The van der Waals surface area contributed by atoms with Gasteiger partial charge in [0.05, 0.1) is 24.4 Å². The highest BCUT2D eigenvalue weighted by Crippen LogP contribution is 2.56. The van der Waals surface area contributed by atoms with E-state index in [1.165, 1.54) is 6.07 Å². The van der Waals surface area contributed by atoms with Crippen molar-refractivity contribution in [3.63, 3.8) is 0 Å². The van der Waals surface area contributed by atoms with Crippen LogP contribution < -0.4 is 4.74 Å². The topological polar surface area (TPSA) is 115 Å². The van der Waals surface area contributed by atoms with Crippen LogP contribution in [0.2, 0.25) is 0 Å². The third-order valence-electron chi connectivity index (χ3n) is 8.94. The third-order valence-corrected chi connectivity index (χ3v) is 8.94. The summed E-state index contributed by atoms with van der Waals surface area (Å²) in [4.78, 5) is 11.9. The number of ether oxygens (including phenoxy) is 4. The number of hydrogen-bond acceptors (Lipinski definition) is 8. The van der Waals surface area contributed by atoms with Crippen LogP contribution >= 0.6 is 0 Å². The Bertz CT molecular complexity index is 1320. The fourth-order valence-electron chi connectivity index (χ4n) is 7.14. The first-order valence-electron chi connectivity index (χ1n) is 13.6. The van der Waals surface area contributed by atoms with Crippen molar-refractivity contribution < 1.29 is 39.1 Å². The molecule has 0 amide bonds. The number of benzene rings is 2. The second-order valence-corrected chi connectivity index (χ2v) is 11.7. The molecule has 0 saturated carbocycles. The van der Waals surface area contributed by atoms with Gasteiger partial charge in [0.15, 0.2) is 12.1 Å². The fraction of sp³-hybridized carbons (Fsp3) is 0.567. The molecule has 5 unspecified atom stereocenters. The maximum Gasteiger partial charge on any atom is 0.215 e. The highest BCUT2D eigenvalue weighted by molar-refractivity contribution is 5.83. The summed E-state index contributed by atoms with van der Waals surface area (Å²) in [6, 6.07) is 1.50. The molecule has 3 N–H and O–H groups in total. The highest BCUT2D eigenvalue weighted by Gasteiger charge is 2.52. The zero-order chi connectivity index (χ0) is 27.0. The van der Waals surface area contributed by atoms with Crippen molar-refractivity contribution in [2.24, 2.45) is 0 Å². The van der Waals surface area contributed by atoms with Gasteiger partial charge in [0.1, 0.15) is 23.0 Å². The van der Waals surface area contributed by atoms with Gasteiger partial charge < -0.3 is 34.3 Å². The van der Waals surface area contributed by atoms with Crippen LogP contribution in [0.1, 0.15) is 95.6 Å². The molecule has 4 heterocycles. The SMILES string of the molecule is Cc1c(O)cc(CC23CC(CC(C)O2)c2c4c(c(O)c(C)c2O3)COC2(CCCC(C)O2)C4)c(C=O)c1O. The molecule has 2 bridgehead atoms. The molecule has 6 rings (SSSR count). The summed E-state index contributed by atoms with van der Waals surface area (Å²) < 4.78 is 25.8. The highest BCUT2D eigenvalue weighted by atomic mass is 16.7. The van der Waals surface area contributed by atoms with E-state index in [0.717, 1.165) is 42.4 Å². The van der Waals surface area contributed by atoms with E-state index >= 15 is 0 Å². The molecular formula is C30H36O8. The Morgan fingerprint density at radius 3 is 2.58 bits per heavy atom. The maximum absolute atomic E-state index is 11.9. The maximum atomic E-state index is 11.9. The summed E-state index contributed by atoms with van der Waals surface area (Å²) in [5, 5.41) is 32.2. The minimum atomic E-state index is -1.12. The van der Waals surface area contributed by atoms with Crippen LogP contribution in [0.25, 0.3) is 0 Å². The number of carbonyl (C=O) groups is 1. The van der Waals surface area contributed by atoms with Crippen LogP contribution in [-0.4, -0.2) is 45.4 Å². The molecule has 2 aromatic carbocycles. The average molecular weight is 525 g/mol. The number of phenolic OH excluding ortho intramolecular Hbond substituents is 3. The quantitative estimate of drug-likeness (QED) is 0.469. The lowest BCUT2D eigenvalue weighted by Gasteiger charge is -2.51. The number of aldehydes is 1. The van der Waals surface area contributed by atoms with Gasteiger partial charge in [-0.05, 0) is 70.1 Å². The van der Waals surface area contributed by atoms with Gasteiger partial charge in [-0.3, -0.25) is 4.79 Å². The van der Waals surface area contributed by atoms with Gasteiger partial charge >= 0.3 is 0 Å². The molecule has 2 saturated heterocycles. The van der Waals surface area contributed by atoms with Gasteiger partial charge in [0, 0.05) is 47.9 Å². The monoisotopic (exact) mass is 524 g/mol. The second kappa shape index (κ2) is 8.86. The molecule has 0 radical (unpaired) electrons. The van der Waals surface area contributed by atoms with Crippen LogP contribution in [-0.2, 0) is 33.7 Å². The van der Waals surface area contributed by atoms with Crippen molar-refractivity contribution in [1.82, 2.24) is 0 Å². The first-order chi connectivity index (χ1) is 18.1. The van der Waals surface area contributed by atoms with Gasteiger partial charge in [-0.1, -0.05) is 0 Å². The number of rotatable bonds is 3. The standard InChI is InChI=1S/C30H36O8/c1-15-6-5-7-29(36-15)12-21-23(14-35-29)27(34)18(4)28-25(21)20-8-16(2)37-30(11-20,38-28)10-19-9-24(32)17(3)26(33)22(19)13-31/h9,13,15-16,20,32-34H,5-8,10-12,14H2,1-4H3. The number of carbonyl (C=O) groups excluding carboxylic acids is 1. The first kappa shape index (κ1) is 25.5. The Morgan fingerprint density at radius 1 is 1.05 bits per heavy atom. The van der Waals surface area contributed by atoms with Crippen molar-refractivity contribution in [1.29, 1.82) is 0 Å². The Balaban J connectivity index is 1.45. The molecule has 8 nitrogen and oxygen atoms in total. The Morgan fingerprint density at radius 2 is 1.84 bits per heavy atom. The van der Waals surface area contributed by atoms with Crippen molar-refractivity contribution in [2.75, 3.05) is 0 Å². The lowest BCUT2D eigenvalue weighted by atomic mass is 9.74. The summed E-state index contributed by atoms with van der Waals surface area (Å²) >= 11 is 0. The first-order valence-corrected chi connectivity index (χ1v) is 13.6. The molecule has 4 aliphatic rings. The molecule has 5 atom stereocenters. The van der Waals surface area contributed by atoms with E-state index in [4.69, 9.17) is 18.9 Å². The summed E-state index contributed by atoms with van der Waals surface area (Å²) in [7, 11) is 0. The average Bonchev–Trinajstić information content (AvgIpc) is 2.85. The zero-order valence-corrected chi connectivity index (χ0v) is 22.4. The van der Waals surface area contributed by atoms with Crippen LogP contribution in [0.3, 0.4) is 0 Å². The smallest absolute Gasteiger partial charge is 0.215 e. The van der Waals surface area contributed by atoms with E-state index in [0.29, 0.717) is 36.0 Å². The molecule has 204 valence electrons.